The predicted molar refractivity (Wildman–Crippen MR) is 137 cm³/mol. The second-order valence-corrected chi connectivity index (χ2v) is 9.30. The molecule has 2 aromatic rings. The van der Waals surface area contributed by atoms with Gasteiger partial charge in [-0.3, -0.25) is 0 Å². The van der Waals surface area contributed by atoms with Gasteiger partial charge in [0.25, 0.3) is 0 Å². The summed E-state index contributed by atoms with van der Waals surface area (Å²) in [5.41, 5.74) is 2.29. The highest BCUT2D eigenvalue weighted by Gasteiger charge is 2.36. The summed E-state index contributed by atoms with van der Waals surface area (Å²) in [5, 5.41) is 0. The van der Waals surface area contributed by atoms with Crippen molar-refractivity contribution in [3.05, 3.63) is 71.8 Å². The van der Waals surface area contributed by atoms with Crippen molar-refractivity contribution in [2.45, 2.75) is 83.9 Å². The molecule has 0 aliphatic rings. The zero-order valence-electron chi connectivity index (χ0n) is 20.3. The number of likely N-dealkylation sites (N-methyl/N-ethyl adjacent to an activating group) is 1. The average molecular weight is 461 g/mol. The van der Waals surface area contributed by atoms with Crippen LogP contribution in [0.15, 0.2) is 60.7 Å². The van der Waals surface area contributed by atoms with E-state index in [1.807, 2.05) is 36.4 Å². The van der Waals surface area contributed by atoms with E-state index in [0.29, 0.717) is 11.1 Å². The number of benzene rings is 2. The summed E-state index contributed by atoms with van der Waals surface area (Å²) in [6, 6.07) is 20.3. The third-order valence-electron chi connectivity index (χ3n) is 6.10. The Morgan fingerprint density at radius 3 is 1.84 bits per heavy atom. The molecule has 0 aliphatic carbocycles. The molecule has 1 unspecified atom stereocenters. The summed E-state index contributed by atoms with van der Waals surface area (Å²) >= 11 is 0. The minimum Gasteiger partial charge on any atom is -0.456 e. The van der Waals surface area contributed by atoms with Gasteiger partial charge in [-0.1, -0.05) is 113 Å². The van der Waals surface area contributed by atoms with Crippen LogP contribution in [-0.4, -0.2) is 30.6 Å². The van der Waals surface area contributed by atoms with Gasteiger partial charge in [0.2, 0.25) is 0 Å². The smallest absolute Gasteiger partial charge is 0.365 e. The Bertz CT molecular complexity index is 734. The van der Waals surface area contributed by atoms with Crippen LogP contribution in [0.1, 0.15) is 75.8 Å². The number of ether oxygens (including phenoxy) is 1. The number of unbranched alkanes of at least 4 members (excludes halogenated alkanes) is 7. The number of carbonyl (C=O) groups is 1. The van der Waals surface area contributed by atoms with Crippen LogP contribution in [0.2, 0.25) is 0 Å². The lowest BCUT2D eigenvalue weighted by molar-refractivity contribution is -0.920. The molecule has 0 aliphatic heterocycles. The molecule has 0 saturated heterocycles. The van der Waals surface area contributed by atoms with Crippen molar-refractivity contribution in [2.24, 2.45) is 0 Å². The lowest BCUT2D eigenvalue weighted by Gasteiger charge is -2.36. The van der Waals surface area contributed by atoms with Crippen molar-refractivity contribution in [1.82, 2.24) is 0 Å². The van der Waals surface area contributed by atoms with Crippen LogP contribution in [0, 0.1) is 0 Å². The van der Waals surface area contributed by atoms with Gasteiger partial charge >= 0.3 is 5.97 Å². The highest BCUT2D eigenvalue weighted by molar-refractivity contribution is 5.85. The molecule has 4 heteroatoms. The van der Waals surface area contributed by atoms with E-state index in [-0.39, 0.29) is 24.4 Å². The summed E-state index contributed by atoms with van der Waals surface area (Å²) in [6.07, 6.45) is 11.1. The highest BCUT2D eigenvalue weighted by Crippen LogP contribution is 2.22. The van der Waals surface area contributed by atoms with Gasteiger partial charge in [-0.2, -0.15) is 0 Å². The number of esters is 1. The van der Waals surface area contributed by atoms with E-state index in [9.17, 15) is 4.79 Å². The zero-order valence-corrected chi connectivity index (χ0v) is 21.1. The van der Waals surface area contributed by atoms with Gasteiger partial charge in [-0.15, -0.1) is 12.4 Å². The minimum atomic E-state index is -0.149. The number of hydrogen-bond acceptors (Lipinski definition) is 2. The van der Waals surface area contributed by atoms with Crippen LogP contribution in [0.4, 0.5) is 0 Å². The summed E-state index contributed by atoms with van der Waals surface area (Å²) in [5.74, 6) is -0.0762. The van der Waals surface area contributed by atoms with Gasteiger partial charge in [-0.25, -0.2) is 4.79 Å². The molecule has 0 amide bonds. The van der Waals surface area contributed by atoms with Crippen LogP contribution in [0.5, 0.6) is 0 Å². The standard InChI is InChI=1S/C28H42NO2.ClH/c1-4-5-6-7-8-9-10-17-22-27(28(30)31-24-26-20-15-12-16-21-26)29(2,3)23-25-18-13-11-14-19-25;/h11-16,18-21,27H,4-10,17,22-24H2,1-3H3;1H/q+1;. The molecule has 2 rings (SSSR count). The molecule has 0 heterocycles. The second-order valence-electron chi connectivity index (χ2n) is 9.30. The fraction of sp³-hybridized carbons (Fsp3) is 0.536. The fourth-order valence-electron chi connectivity index (χ4n) is 4.21. The topological polar surface area (TPSA) is 26.3 Å². The largest absolute Gasteiger partial charge is 0.456 e. The van der Waals surface area contributed by atoms with E-state index in [0.717, 1.165) is 24.9 Å². The van der Waals surface area contributed by atoms with Gasteiger partial charge in [0.05, 0.1) is 14.1 Å². The maximum Gasteiger partial charge on any atom is 0.365 e. The lowest BCUT2D eigenvalue weighted by atomic mass is 10.0. The first-order valence-electron chi connectivity index (χ1n) is 12.1. The molecule has 178 valence electrons. The molecule has 0 spiro atoms. The molecule has 1 atom stereocenters. The van der Waals surface area contributed by atoms with Gasteiger partial charge in [0.1, 0.15) is 13.2 Å². The summed E-state index contributed by atoms with van der Waals surface area (Å²) in [4.78, 5) is 13.2. The van der Waals surface area contributed by atoms with Crippen molar-refractivity contribution in [3.63, 3.8) is 0 Å². The molecule has 0 bridgehead atoms. The van der Waals surface area contributed by atoms with E-state index in [1.54, 1.807) is 0 Å². The van der Waals surface area contributed by atoms with Crippen molar-refractivity contribution in [1.29, 1.82) is 0 Å². The van der Waals surface area contributed by atoms with Crippen LogP contribution >= 0.6 is 12.4 Å². The number of nitrogens with zero attached hydrogens (tertiary/aromatic N) is 1. The maximum atomic E-state index is 13.2. The minimum absolute atomic E-state index is 0. The molecule has 0 fully saturated rings. The van der Waals surface area contributed by atoms with Crippen molar-refractivity contribution < 1.29 is 14.0 Å². The summed E-state index contributed by atoms with van der Waals surface area (Å²) in [6.45, 7) is 3.42. The van der Waals surface area contributed by atoms with Gasteiger partial charge in [-0.05, 0) is 12.0 Å². The zero-order chi connectivity index (χ0) is 22.4. The van der Waals surface area contributed by atoms with Crippen molar-refractivity contribution in [2.75, 3.05) is 14.1 Å². The quantitative estimate of drug-likeness (QED) is 0.158. The fourth-order valence-corrected chi connectivity index (χ4v) is 4.21. The Balaban J connectivity index is 0.00000512. The number of hydrogen-bond donors (Lipinski definition) is 0. The second kappa shape index (κ2) is 15.9. The van der Waals surface area contributed by atoms with Gasteiger partial charge < -0.3 is 9.22 Å². The van der Waals surface area contributed by atoms with E-state index in [2.05, 4.69) is 45.3 Å². The Labute approximate surface area is 202 Å². The molecular weight excluding hydrogens is 418 g/mol. The lowest BCUT2D eigenvalue weighted by Crippen LogP contribution is -2.52. The first-order valence-corrected chi connectivity index (χ1v) is 12.1. The molecule has 3 nitrogen and oxygen atoms in total. The molecule has 2 aromatic carbocycles. The molecule has 0 radical (unpaired) electrons. The predicted octanol–water partition coefficient (Wildman–Crippen LogP) is 7.33. The summed E-state index contributed by atoms with van der Waals surface area (Å²) < 4.78 is 6.40. The molecule has 0 aromatic heterocycles. The van der Waals surface area contributed by atoms with Crippen LogP contribution in [0.25, 0.3) is 0 Å². The Kier molecular flexibility index (Phi) is 14.0. The van der Waals surface area contributed by atoms with E-state index >= 15 is 0 Å². The molecular formula is C28H43ClNO2+. The first-order chi connectivity index (χ1) is 15.0. The third kappa shape index (κ3) is 10.7. The average Bonchev–Trinajstić information content (AvgIpc) is 2.77. The van der Waals surface area contributed by atoms with E-state index in [4.69, 9.17) is 4.74 Å². The first kappa shape index (κ1) is 28.2. The Morgan fingerprint density at radius 1 is 0.781 bits per heavy atom. The molecule has 0 N–H and O–H groups in total. The number of halogens is 1. The van der Waals surface area contributed by atoms with Gasteiger partial charge in [0, 0.05) is 12.0 Å². The molecule has 32 heavy (non-hydrogen) atoms. The Hall–Kier alpha value is -1.84. The Morgan fingerprint density at radius 2 is 1.28 bits per heavy atom. The van der Waals surface area contributed by atoms with Gasteiger partial charge in [0.15, 0.2) is 6.04 Å². The van der Waals surface area contributed by atoms with Crippen LogP contribution in [0.3, 0.4) is 0 Å². The molecule has 0 saturated carbocycles. The van der Waals surface area contributed by atoms with E-state index in [1.165, 1.54) is 50.5 Å². The van der Waals surface area contributed by atoms with E-state index < -0.39 is 0 Å². The number of rotatable bonds is 15. The maximum absolute atomic E-state index is 13.2. The number of carbonyl (C=O) groups excluding carboxylic acids is 1. The monoisotopic (exact) mass is 460 g/mol. The highest BCUT2D eigenvalue weighted by atomic mass is 35.5. The van der Waals surface area contributed by atoms with Crippen LogP contribution in [-0.2, 0) is 22.7 Å². The van der Waals surface area contributed by atoms with Crippen LogP contribution < -0.4 is 0 Å². The number of quaternary nitrogens is 1. The van der Waals surface area contributed by atoms with Crippen molar-refractivity contribution in [3.8, 4) is 0 Å². The third-order valence-corrected chi connectivity index (χ3v) is 6.10. The normalized spacial score (nSPS) is 12.1. The summed E-state index contributed by atoms with van der Waals surface area (Å²) in [7, 11) is 4.32. The van der Waals surface area contributed by atoms with Crippen molar-refractivity contribution >= 4 is 18.4 Å². The SMILES string of the molecule is CCCCCCCCCCC(C(=O)OCc1ccccc1)[N+](C)(C)Cc1ccccc1.Cl.